The number of amides is 1. The van der Waals surface area contributed by atoms with Gasteiger partial charge < -0.3 is 36.0 Å². The van der Waals surface area contributed by atoms with Gasteiger partial charge in [-0.3, -0.25) is 4.79 Å². The molecule has 1 unspecified atom stereocenters. The van der Waals surface area contributed by atoms with Crippen LogP contribution in [0.3, 0.4) is 0 Å². The number of aromatic amines is 2. The Morgan fingerprint density at radius 1 is 0.911 bits per heavy atom. The maximum absolute atomic E-state index is 14.5. The quantitative estimate of drug-likeness (QED) is 0.0946. The first-order valence-electron chi connectivity index (χ1n) is 19.0. The Morgan fingerprint density at radius 2 is 1.59 bits per heavy atom. The van der Waals surface area contributed by atoms with Gasteiger partial charge in [-0.25, -0.2) is 17.9 Å². The maximum Gasteiger partial charge on any atom is 0.417 e. The number of nitrogens with two attached hydrogens (primary N) is 1. The summed E-state index contributed by atoms with van der Waals surface area (Å²) in [6, 6.07) is 14.3. The number of benzene rings is 3. The van der Waals surface area contributed by atoms with Gasteiger partial charge in [-0.15, -0.1) is 0 Å². The number of nitrogens with one attached hydrogen (secondary N) is 5. The van der Waals surface area contributed by atoms with Gasteiger partial charge in [0.05, 0.1) is 21.5 Å². The average Bonchev–Trinajstić information content (AvgIpc) is 3.56. The largest absolute Gasteiger partial charge is 0.417 e. The molecule has 7 N–H and O–H groups in total. The Balaban J connectivity index is 1.23. The zero-order valence-corrected chi connectivity index (χ0v) is 32.4. The molecule has 12 nitrogen and oxygen atoms in total. The number of aldehydes is 1. The lowest BCUT2D eigenvalue weighted by Gasteiger charge is -2.34. The molecule has 6 rings (SSSR count). The summed E-state index contributed by atoms with van der Waals surface area (Å²) in [7, 11) is -0.293. The normalized spacial score (nSPS) is 21.8. The summed E-state index contributed by atoms with van der Waals surface area (Å²) < 4.78 is 72.8. The highest BCUT2D eigenvalue weighted by Crippen LogP contribution is 2.39. The Morgan fingerprint density at radius 3 is 2.21 bits per heavy atom. The first-order valence-corrected chi connectivity index (χ1v) is 20.5. The molecule has 2 fully saturated rings. The van der Waals surface area contributed by atoms with E-state index in [1.165, 1.54) is 24.3 Å². The molecule has 0 spiro atoms. The van der Waals surface area contributed by atoms with Crippen molar-refractivity contribution in [1.82, 2.24) is 24.9 Å². The standard InChI is InChI=1S/C40H50F3N7O5S/c1-50(2)31-14-11-29(12-15-31)49-56(54,55)32-16-17-33(34(20-32)40(41,42)43)27-7-3-25(4-8-27)21-39(24-51,48-37(52)28-9-5-26(22-44)6-10-28)23-45-30-13-18-35-36(19-30)47-38(53)46-35/h3-4,7-8,13,16-20,24,26,28-29,31,45,49H,5-6,9-12,14-15,21-23,44H2,1-2H3,(H,48,52)(H2,46,47,53). The molecule has 1 aromatic heterocycles. The van der Waals surface area contributed by atoms with Crippen LogP contribution < -0.4 is 26.8 Å². The van der Waals surface area contributed by atoms with E-state index in [4.69, 9.17) is 5.73 Å². The van der Waals surface area contributed by atoms with Crippen molar-refractivity contribution in [3.05, 3.63) is 82.3 Å². The summed E-state index contributed by atoms with van der Waals surface area (Å²) in [6.07, 6.45) is 1.46. The summed E-state index contributed by atoms with van der Waals surface area (Å²) in [4.78, 5) is 45.4. The van der Waals surface area contributed by atoms with Crippen molar-refractivity contribution in [2.75, 3.05) is 32.5 Å². The molecule has 0 radical (unpaired) electrons. The fourth-order valence-electron chi connectivity index (χ4n) is 8.01. The second kappa shape index (κ2) is 16.9. The topological polar surface area (TPSA) is 182 Å². The van der Waals surface area contributed by atoms with E-state index < -0.39 is 32.2 Å². The number of fused-ring (bicyclic) bond motifs is 1. The van der Waals surface area contributed by atoms with Gasteiger partial charge >= 0.3 is 11.9 Å². The number of imidazole rings is 1. The molecule has 302 valence electrons. The van der Waals surface area contributed by atoms with Crippen LogP contribution in [0.4, 0.5) is 18.9 Å². The van der Waals surface area contributed by atoms with E-state index in [2.05, 4.69) is 30.2 Å². The van der Waals surface area contributed by atoms with Gasteiger partial charge in [0.25, 0.3) is 0 Å². The minimum atomic E-state index is -4.86. The summed E-state index contributed by atoms with van der Waals surface area (Å²) in [5, 5.41) is 6.21. The fourth-order valence-corrected chi connectivity index (χ4v) is 9.35. The molecule has 0 bridgehead atoms. The van der Waals surface area contributed by atoms with E-state index in [-0.39, 0.29) is 47.6 Å². The fraction of sp³-hybridized carbons (Fsp3) is 0.475. The second-order valence-electron chi connectivity index (χ2n) is 15.6. The number of alkyl halides is 3. The van der Waals surface area contributed by atoms with Crippen LogP contribution in [0.1, 0.15) is 62.5 Å². The monoisotopic (exact) mass is 797 g/mol. The smallest absolute Gasteiger partial charge is 0.382 e. The number of carbonyl (C=O) groups excluding carboxylic acids is 2. The lowest BCUT2D eigenvalue weighted by Crippen LogP contribution is -2.57. The number of hydrogen-bond acceptors (Lipinski definition) is 8. The maximum atomic E-state index is 14.5. The third-order valence-electron chi connectivity index (χ3n) is 11.4. The molecule has 1 heterocycles. The number of anilines is 1. The minimum Gasteiger partial charge on any atom is -0.382 e. The number of halogens is 3. The van der Waals surface area contributed by atoms with Crippen LogP contribution in [0, 0.1) is 11.8 Å². The Labute approximate surface area is 324 Å². The molecule has 56 heavy (non-hydrogen) atoms. The summed E-state index contributed by atoms with van der Waals surface area (Å²) in [5.74, 6) is -0.225. The number of H-pyrrole nitrogens is 2. The van der Waals surface area contributed by atoms with Gasteiger partial charge in [-0.05, 0) is 125 Å². The summed E-state index contributed by atoms with van der Waals surface area (Å²) in [6.45, 7) is 0.522. The Hall–Kier alpha value is -4.51. The molecule has 0 saturated heterocycles. The number of nitrogens with zero attached hydrogens (tertiary/aromatic N) is 1. The highest BCUT2D eigenvalue weighted by atomic mass is 32.2. The SMILES string of the molecule is CN(C)C1CCC(NS(=O)(=O)c2ccc(-c3ccc(CC(C=O)(CNc4ccc5[nH]c(=O)[nH]c5c4)NC(=O)C4CCC(CN)CC4)cc3)c(C(F)(F)F)c2)CC1. The summed E-state index contributed by atoms with van der Waals surface area (Å²) >= 11 is 0. The van der Waals surface area contributed by atoms with Crippen molar-refractivity contribution >= 4 is 38.9 Å². The number of aromatic nitrogens is 2. The predicted octanol–water partition coefficient (Wildman–Crippen LogP) is 5.17. The lowest BCUT2D eigenvalue weighted by molar-refractivity contribution is -0.137. The first kappa shape index (κ1) is 41.1. The third kappa shape index (κ3) is 9.71. The number of hydrogen-bond donors (Lipinski definition) is 6. The van der Waals surface area contributed by atoms with Crippen molar-refractivity contribution in [2.24, 2.45) is 17.6 Å². The predicted molar refractivity (Wildman–Crippen MR) is 209 cm³/mol. The van der Waals surface area contributed by atoms with Crippen molar-refractivity contribution in [1.29, 1.82) is 0 Å². The van der Waals surface area contributed by atoms with Crippen molar-refractivity contribution < 1.29 is 31.2 Å². The Bertz CT molecular complexity index is 2170. The van der Waals surface area contributed by atoms with Gasteiger partial charge in [-0.1, -0.05) is 30.3 Å². The van der Waals surface area contributed by atoms with Crippen molar-refractivity contribution in [3.63, 3.8) is 0 Å². The highest BCUT2D eigenvalue weighted by molar-refractivity contribution is 7.89. The molecular weight excluding hydrogens is 748 g/mol. The van der Waals surface area contributed by atoms with Crippen LogP contribution >= 0.6 is 0 Å². The van der Waals surface area contributed by atoms with Crippen LogP contribution in [-0.4, -0.2) is 80.3 Å². The van der Waals surface area contributed by atoms with Crippen molar-refractivity contribution in [3.8, 4) is 11.1 Å². The zero-order valence-electron chi connectivity index (χ0n) is 31.5. The number of carbonyl (C=O) groups is 2. The van der Waals surface area contributed by atoms with E-state index in [0.29, 0.717) is 78.8 Å². The third-order valence-corrected chi connectivity index (χ3v) is 12.9. The number of rotatable bonds is 14. The molecule has 3 aromatic carbocycles. The second-order valence-corrected chi connectivity index (χ2v) is 17.3. The van der Waals surface area contributed by atoms with Gasteiger partial charge in [0.1, 0.15) is 11.8 Å². The van der Waals surface area contributed by atoms with E-state index >= 15 is 0 Å². The van der Waals surface area contributed by atoms with Gasteiger partial charge in [0, 0.05) is 36.7 Å². The molecular formula is C40H50F3N7O5S. The molecule has 2 aliphatic carbocycles. The van der Waals surface area contributed by atoms with Gasteiger partial charge in [-0.2, -0.15) is 13.2 Å². The molecule has 2 aliphatic rings. The number of sulfonamides is 1. The highest BCUT2D eigenvalue weighted by Gasteiger charge is 2.38. The molecule has 1 amide bonds. The van der Waals surface area contributed by atoms with E-state index in [1.807, 2.05) is 14.1 Å². The van der Waals surface area contributed by atoms with Crippen LogP contribution in [0.15, 0.2) is 70.4 Å². The van der Waals surface area contributed by atoms with E-state index in [0.717, 1.165) is 25.7 Å². The van der Waals surface area contributed by atoms with Crippen LogP contribution in [0.5, 0.6) is 0 Å². The molecule has 2 saturated carbocycles. The zero-order chi connectivity index (χ0) is 40.3. The Kier molecular flexibility index (Phi) is 12.4. The van der Waals surface area contributed by atoms with Crippen LogP contribution in [-0.2, 0) is 32.2 Å². The van der Waals surface area contributed by atoms with Gasteiger partial charge in [0.2, 0.25) is 15.9 Å². The molecule has 0 aliphatic heterocycles. The lowest BCUT2D eigenvalue weighted by atomic mass is 9.81. The van der Waals surface area contributed by atoms with E-state index in [9.17, 15) is 36.0 Å². The van der Waals surface area contributed by atoms with Gasteiger partial charge in [0.15, 0.2) is 0 Å². The molecule has 1 atom stereocenters. The minimum absolute atomic E-state index is 0.0162. The van der Waals surface area contributed by atoms with E-state index in [1.54, 1.807) is 30.3 Å². The molecule has 16 heteroatoms. The average molecular weight is 798 g/mol. The first-order chi connectivity index (χ1) is 26.6. The van der Waals surface area contributed by atoms with Crippen LogP contribution in [0.25, 0.3) is 22.2 Å². The molecule has 4 aromatic rings. The van der Waals surface area contributed by atoms with Crippen LogP contribution in [0.2, 0.25) is 0 Å². The van der Waals surface area contributed by atoms with Crippen molar-refractivity contribution in [2.45, 2.75) is 86.5 Å². The summed E-state index contributed by atoms with van der Waals surface area (Å²) in [5.41, 5.74) is 5.25.